The van der Waals surface area contributed by atoms with Crippen LogP contribution < -0.4 is 9.47 Å². The number of benzene rings is 2. The van der Waals surface area contributed by atoms with Crippen molar-refractivity contribution in [3.05, 3.63) is 71.6 Å². The van der Waals surface area contributed by atoms with Crippen molar-refractivity contribution in [3.8, 4) is 11.5 Å². The predicted octanol–water partition coefficient (Wildman–Crippen LogP) is 4.85. The van der Waals surface area contributed by atoms with E-state index in [4.69, 9.17) is 14.5 Å². The van der Waals surface area contributed by atoms with Crippen LogP contribution in [0.15, 0.2) is 65.4 Å². The van der Waals surface area contributed by atoms with E-state index in [0.29, 0.717) is 5.95 Å². The van der Waals surface area contributed by atoms with Gasteiger partial charge in [0.2, 0.25) is 5.95 Å². The molecule has 6 heteroatoms. The Morgan fingerprint density at radius 3 is 2.37 bits per heavy atom. The van der Waals surface area contributed by atoms with Gasteiger partial charge in [-0.3, -0.25) is 0 Å². The first-order valence-electron chi connectivity index (χ1n) is 10.2. The Bertz CT molecular complexity index is 1100. The summed E-state index contributed by atoms with van der Waals surface area (Å²) in [5.74, 6) is 2.66. The van der Waals surface area contributed by atoms with Crippen LogP contribution in [0, 0.1) is 5.92 Å². The normalized spacial score (nSPS) is 21.5. The van der Waals surface area contributed by atoms with Crippen LogP contribution in [0.5, 0.6) is 11.5 Å². The van der Waals surface area contributed by atoms with Crippen molar-refractivity contribution in [1.29, 1.82) is 0 Å². The summed E-state index contributed by atoms with van der Waals surface area (Å²) in [4.78, 5) is 9.35. The number of aliphatic imine (C=N–C) groups is 1. The number of ether oxygens (including phenoxy) is 2. The van der Waals surface area contributed by atoms with Gasteiger partial charge >= 0.3 is 0 Å². The van der Waals surface area contributed by atoms with Crippen molar-refractivity contribution in [1.82, 2.24) is 14.8 Å². The van der Waals surface area contributed by atoms with Crippen molar-refractivity contribution in [2.75, 3.05) is 14.2 Å². The zero-order valence-electron chi connectivity index (χ0n) is 17.2. The molecule has 2 aliphatic rings. The van der Waals surface area contributed by atoms with Gasteiger partial charge in [0.05, 0.1) is 26.0 Å². The number of hydrogen-bond acceptors (Lipinski definition) is 5. The van der Waals surface area contributed by atoms with Gasteiger partial charge in [-0.05, 0) is 66.3 Å². The Morgan fingerprint density at radius 2 is 1.67 bits per heavy atom. The average Bonchev–Trinajstić information content (AvgIpc) is 3.27. The van der Waals surface area contributed by atoms with E-state index in [1.54, 1.807) is 20.5 Å². The van der Waals surface area contributed by atoms with Crippen molar-refractivity contribution < 1.29 is 9.47 Å². The molecular formula is C24H24N4O2. The minimum atomic E-state index is 0.0838. The molecule has 6 nitrogen and oxygen atoms in total. The summed E-state index contributed by atoms with van der Waals surface area (Å²) < 4.78 is 12.6. The van der Waals surface area contributed by atoms with Crippen LogP contribution in [0.25, 0.3) is 6.08 Å². The third-order valence-corrected chi connectivity index (χ3v) is 5.97. The number of nitrogens with zero attached hydrogens (tertiary/aromatic N) is 4. The summed E-state index contributed by atoms with van der Waals surface area (Å²) in [7, 11) is 3.37. The molecule has 3 aromatic rings. The molecule has 1 aliphatic carbocycles. The number of methoxy groups -OCH3 is 2. The largest absolute Gasteiger partial charge is 0.497 e. The highest BCUT2D eigenvalue weighted by Crippen LogP contribution is 2.43. The highest BCUT2D eigenvalue weighted by atomic mass is 16.5. The molecule has 5 rings (SSSR count). The van der Waals surface area contributed by atoms with E-state index in [9.17, 15) is 0 Å². The number of rotatable bonds is 4. The lowest BCUT2D eigenvalue weighted by Gasteiger charge is -2.36. The number of allylic oxidation sites excluding steroid dienone is 1. The van der Waals surface area contributed by atoms with E-state index in [2.05, 4.69) is 40.4 Å². The molecule has 1 fully saturated rings. The fraction of sp³-hybridized carbons (Fsp3) is 0.292. The van der Waals surface area contributed by atoms with Gasteiger partial charge in [0.25, 0.3) is 0 Å². The van der Waals surface area contributed by atoms with Crippen molar-refractivity contribution >= 4 is 17.7 Å². The molecular weight excluding hydrogens is 376 g/mol. The maximum Gasteiger partial charge on any atom is 0.248 e. The maximum absolute atomic E-state index is 5.34. The molecule has 0 N–H and O–H groups in total. The molecule has 0 amide bonds. The fourth-order valence-corrected chi connectivity index (χ4v) is 4.50. The molecule has 152 valence electrons. The van der Waals surface area contributed by atoms with Gasteiger partial charge in [-0.1, -0.05) is 24.3 Å². The summed E-state index contributed by atoms with van der Waals surface area (Å²) in [6, 6.07) is 16.5. The third-order valence-electron chi connectivity index (χ3n) is 5.97. The van der Waals surface area contributed by atoms with Crippen LogP contribution in [-0.4, -0.2) is 34.7 Å². The minimum absolute atomic E-state index is 0.0838. The Labute approximate surface area is 175 Å². The number of fused-ring (bicyclic) bond motifs is 2. The van der Waals surface area contributed by atoms with Gasteiger partial charge in [0, 0.05) is 5.92 Å². The first kappa shape index (κ1) is 18.6. The van der Waals surface area contributed by atoms with E-state index in [1.807, 2.05) is 28.9 Å². The summed E-state index contributed by atoms with van der Waals surface area (Å²) in [6.07, 6.45) is 7.07. The highest BCUT2D eigenvalue weighted by molar-refractivity contribution is 6.07. The second-order valence-corrected chi connectivity index (χ2v) is 7.66. The monoisotopic (exact) mass is 400 g/mol. The van der Waals surface area contributed by atoms with Crippen LogP contribution in [-0.2, 0) is 0 Å². The molecule has 1 aromatic heterocycles. The van der Waals surface area contributed by atoms with Crippen LogP contribution in [0.3, 0.4) is 0 Å². The van der Waals surface area contributed by atoms with E-state index < -0.39 is 0 Å². The lowest BCUT2D eigenvalue weighted by Crippen LogP contribution is -2.34. The molecule has 0 saturated heterocycles. The number of aromatic nitrogens is 3. The highest BCUT2D eigenvalue weighted by Gasteiger charge is 2.38. The van der Waals surface area contributed by atoms with Crippen LogP contribution in [0.2, 0.25) is 0 Å². The Morgan fingerprint density at radius 1 is 0.967 bits per heavy atom. The molecule has 2 atom stereocenters. The molecule has 2 aromatic carbocycles. The van der Waals surface area contributed by atoms with Crippen molar-refractivity contribution in [2.24, 2.45) is 10.9 Å². The van der Waals surface area contributed by atoms with Crippen LogP contribution >= 0.6 is 0 Å². The summed E-state index contributed by atoms with van der Waals surface area (Å²) in [5.41, 5.74) is 4.77. The molecule has 1 aliphatic heterocycles. The lowest BCUT2D eigenvalue weighted by atomic mass is 9.76. The Hall–Kier alpha value is -3.41. The van der Waals surface area contributed by atoms with Crippen molar-refractivity contribution in [3.63, 3.8) is 0 Å². The minimum Gasteiger partial charge on any atom is -0.497 e. The van der Waals surface area contributed by atoms with E-state index in [1.165, 1.54) is 11.1 Å². The standard InChI is InChI=1S/C24H24N4O2/c1-29-19-10-6-16(7-11-19)14-18-4-3-5-21-22(18)27-24-25-15-26-28(24)23(21)17-8-12-20(30-2)13-9-17/h6-15,21,23H,3-5H2,1-2H3/b18-14+. The Balaban J connectivity index is 1.55. The van der Waals surface area contributed by atoms with Gasteiger partial charge in [-0.15, -0.1) is 0 Å². The first-order valence-corrected chi connectivity index (χ1v) is 10.2. The molecule has 30 heavy (non-hydrogen) atoms. The Kier molecular flexibility index (Phi) is 4.83. The zero-order valence-corrected chi connectivity index (χ0v) is 17.2. The smallest absolute Gasteiger partial charge is 0.248 e. The molecule has 0 bridgehead atoms. The van der Waals surface area contributed by atoms with E-state index in [0.717, 1.165) is 42.0 Å². The molecule has 2 unspecified atom stereocenters. The van der Waals surface area contributed by atoms with Gasteiger partial charge < -0.3 is 9.47 Å². The number of hydrogen-bond donors (Lipinski definition) is 0. The first-order chi connectivity index (χ1) is 14.8. The third kappa shape index (κ3) is 3.28. The summed E-state index contributed by atoms with van der Waals surface area (Å²) >= 11 is 0. The molecule has 0 spiro atoms. The SMILES string of the molecule is COc1ccc(/C=C2\CCCC3C2=Nc2ncnn2C3c2ccc(OC)cc2)cc1. The maximum atomic E-state index is 5.34. The molecule has 0 radical (unpaired) electrons. The van der Waals surface area contributed by atoms with Gasteiger partial charge in [-0.25, -0.2) is 9.67 Å². The second-order valence-electron chi connectivity index (χ2n) is 7.66. The summed E-state index contributed by atoms with van der Waals surface area (Å²) in [6.45, 7) is 0. The van der Waals surface area contributed by atoms with Gasteiger partial charge in [-0.2, -0.15) is 10.1 Å². The second kappa shape index (κ2) is 7.78. The average molecular weight is 400 g/mol. The van der Waals surface area contributed by atoms with Crippen LogP contribution in [0.1, 0.15) is 36.4 Å². The zero-order chi connectivity index (χ0) is 20.5. The predicted molar refractivity (Wildman–Crippen MR) is 117 cm³/mol. The van der Waals surface area contributed by atoms with Crippen LogP contribution in [0.4, 0.5) is 5.95 Å². The van der Waals surface area contributed by atoms with Gasteiger partial charge in [0.1, 0.15) is 17.8 Å². The topological polar surface area (TPSA) is 61.5 Å². The van der Waals surface area contributed by atoms with E-state index in [-0.39, 0.29) is 12.0 Å². The molecule has 2 heterocycles. The molecule has 1 saturated carbocycles. The van der Waals surface area contributed by atoms with Gasteiger partial charge in [0.15, 0.2) is 0 Å². The fourth-order valence-electron chi connectivity index (χ4n) is 4.50. The van der Waals surface area contributed by atoms with E-state index >= 15 is 0 Å². The summed E-state index contributed by atoms with van der Waals surface area (Å²) in [5, 5.41) is 4.51. The lowest BCUT2D eigenvalue weighted by molar-refractivity contribution is 0.383. The quantitative estimate of drug-likeness (QED) is 0.628. The van der Waals surface area contributed by atoms with Crippen molar-refractivity contribution in [2.45, 2.75) is 25.3 Å².